The van der Waals surface area contributed by atoms with E-state index >= 15 is 0 Å². The summed E-state index contributed by atoms with van der Waals surface area (Å²) >= 11 is 6.04. The summed E-state index contributed by atoms with van der Waals surface area (Å²) < 4.78 is 0. The lowest BCUT2D eigenvalue weighted by Gasteiger charge is -2.09. The van der Waals surface area contributed by atoms with E-state index in [1.807, 2.05) is 54.6 Å². The number of halogens is 1. The monoisotopic (exact) mass is 321 g/mol. The third kappa shape index (κ3) is 2.93. The molecule has 5 nitrogen and oxygen atoms in total. The number of aromatic nitrogens is 2. The van der Waals surface area contributed by atoms with Crippen molar-refractivity contribution in [2.75, 3.05) is 11.5 Å². The maximum atomic E-state index is 9.31. The number of nitriles is 1. The molecule has 0 saturated carbocycles. The van der Waals surface area contributed by atoms with Crippen LogP contribution in [-0.2, 0) is 0 Å². The van der Waals surface area contributed by atoms with Crippen molar-refractivity contribution in [3.8, 4) is 28.5 Å². The highest BCUT2D eigenvalue weighted by atomic mass is 35.5. The van der Waals surface area contributed by atoms with Crippen LogP contribution in [0.25, 0.3) is 22.4 Å². The van der Waals surface area contributed by atoms with Gasteiger partial charge in [0.15, 0.2) is 0 Å². The van der Waals surface area contributed by atoms with Crippen LogP contribution >= 0.6 is 11.6 Å². The van der Waals surface area contributed by atoms with Crippen LogP contribution in [0.3, 0.4) is 0 Å². The summed E-state index contributed by atoms with van der Waals surface area (Å²) in [6.45, 7) is 0. The molecule has 23 heavy (non-hydrogen) atoms. The first kappa shape index (κ1) is 14.8. The summed E-state index contributed by atoms with van der Waals surface area (Å²) in [7, 11) is 0. The number of nitrogen functional groups attached to an aromatic ring is 2. The zero-order chi connectivity index (χ0) is 16.4. The van der Waals surface area contributed by atoms with E-state index in [1.165, 1.54) is 0 Å². The molecular weight excluding hydrogens is 310 g/mol. The predicted octanol–water partition coefficient (Wildman–Crippen LogP) is 3.50. The minimum absolute atomic E-state index is 0.0321. The van der Waals surface area contributed by atoms with Crippen molar-refractivity contribution in [2.45, 2.75) is 0 Å². The molecule has 0 bridgehead atoms. The molecule has 0 amide bonds. The molecule has 0 radical (unpaired) electrons. The molecule has 0 spiro atoms. The Hall–Kier alpha value is -3.10. The third-order valence-corrected chi connectivity index (χ3v) is 3.60. The Labute approximate surface area is 138 Å². The van der Waals surface area contributed by atoms with Crippen molar-refractivity contribution in [2.24, 2.45) is 0 Å². The molecule has 6 heteroatoms. The Bertz CT molecular complexity index is 931. The molecule has 4 N–H and O–H groups in total. The number of hydrogen-bond acceptors (Lipinski definition) is 5. The van der Waals surface area contributed by atoms with Crippen LogP contribution < -0.4 is 11.5 Å². The van der Waals surface area contributed by atoms with Gasteiger partial charge in [0.25, 0.3) is 0 Å². The van der Waals surface area contributed by atoms with Gasteiger partial charge in [-0.15, -0.1) is 0 Å². The third-order valence-electron chi connectivity index (χ3n) is 3.36. The summed E-state index contributed by atoms with van der Waals surface area (Å²) in [4.78, 5) is 7.99. The Morgan fingerprint density at radius 1 is 0.913 bits per heavy atom. The zero-order valence-electron chi connectivity index (χ0n) is 12.0. The quantitative estimate of drug-likeness (QED) is 0.752. The Kier molecular flexibility index (Phi) is 3.83. The van der Waals surface area contributed by atoms with E-state index in [4.69, 9.17) is 23.1 Å². The number of nitrogens with zero attached hydrogens (tertiary/aromatic N) is 3. The van der Waals surface area contributed by atoms with Crippen molar-refractivity contribution >= 4 is 23.4 Å². The van der Waals surface area contributed by atoms with E-state index in [1.54, 1.807) is 0 Å². The molecule has 112 valence electrons. The van der Waals surface area contributed by atoms with Crippen molar-refractivity contribution < 1.29 is 0 Å². The van der Waals surface area contributed by atoms with E-state index in [2.05, 4.69) is 9.97 Å². The van der Waals surface area contributed by atoms with Crippen LogP contribution in [0.15, 0.2) is 48.5 Å². The van der Waals surface area contributed by atoms with E-state index in [-0.39, 0.29) is 17.3 Å². The number of benzene rings is 2. The molecule has 0 aliphatic rings. The standard InChI is InChI=1S/C17H12ClN5/c18-13-6-2-4-11(8-13)10-3-1-5-12(7-10)15-14(9-19)16(20)23-17(21)22-15/h1-8H,(H4,20,21,22,23). The number of hydrogen-bond donors (Lipinski definition) is 2. The van der Waals surface area contributed by atoms with E-state index in [0.29, 0.717) is 10.7 Å². The fourth-order valence-electron chi connectivity index (χ4n) is 2.33. The minimum atomic E-state index is 0.0321. The maximum Gasteiger partial charge on any atom is 0.222 e. The van der Waals surface area contributed by atoms with E-state index in [9.17, 15) is 5.26 Å². The van der Waals surface area contributed by atoms with Gasteiger partial charge < -0.3 is 11.5 Å². The highest BCUT2D eigenvalue weighted by molar-refractivity contribution is 6.30. The normalized spacial score (nSPS) is 10.3. The van der Waals surface area contributed by atoms with Crippen LogP contribution in [0.5, 0.6) is 0 Å². The van der Waals surface area contributed by atoms with E-state index in [0.717, 1.165) is 16.7 Å². The van der Waals surface area contributed by atoms with Gasteiger partial charge in [0.05, 0.1) is 5.69 Å². The lowest BCUT2D eigenvalue weighted by atomic mass is 10.00. The van der Waals surface area contributed by atoms with Gasteiger partial charge in [0, 0.05) is 10.6 Å². The molecular formula is C17H12ClN5. The van der Waals surface area contributed by atoms with Gasteiger partial charge in [-0.2, -0.15) is 10.2 Å². The lowest BCUT2D eigenvalue weighted by molar-refractivity contribution is 1.18. The molecule has 3 aromatic rings. The van der Waals surface area contributed by atoms with Gasteiger partial charge in [0.1, 0.15) is 17.5 Å². The molecule has 0 atom stereocenters. The second-order valence-electron chi connectivity index (χ2n) is 4.89. The molecule has 1 heterocycles. The molecule has 0 saturated heterocycles. The SMILES string of the molecule is N#Cc1c(N)nc(N)nc1-c1cccc(-c2cccc(Cl)c2)c1. The Balaban J connectivity index is 2.17. The lowest BCUT2D eigenvalue weighted by Crippen LogP contribution is -2.04. The number of rotatable bonds is 2. The first-order valence-electron chi connectivity index (χ1n) is 6.78. The second kappa shape index (κ2) is 5.95. The molecule has 1 aromatic heterocycles. The topological polar surface area (TPSA) is 102 Å². The van der Waals surface area contributed by atoms with Crippen LogP contribution in [0.4, 0.5) is 11.8 Å². The summed E-state index contributed by atoms with van der Waals surface area (Å²) in [6, 6.07) is 17.1. The summed E-state index contributed by atoms with van der Waals surface area (Å²) in [5.41, 5.74) is 14.7. The zero-order valence-corrected chi connectivity index (χ0v) is 12.7. The first-order chi connectivity index (χ1) is 11.1. The Morgan fingerprint density at radius 2 is 1.57 bits per heavy atom. The summed E-state index contributed by atoms with van der Waals surface area (Å²) in [5, 5.41) is 9.96. The average Bonchev–Trinajstić information content (AvgIpc) is 2.54. The Morgan fingerprint density at radius 3 is 2.26 bits per heavy atom. The van der Waals surface area contributed by atoms with Gasteiger partial charge >= 0.3 is 0 Å². The molecule has 2 aromatic carbocycles. The fraction of sp³-hybridized carbons (Fsp3) is 0. The predicted molar refractivity (Wildman–Crippen MR) is 91.5 cm³/mol. The molecule has 0 aliphatic heterocycles. The minimum Gasteiger partial charge on any atom is -0.382 e. The fourth-order valence-corrected chi connectivity index (χ4v) is 2.52. The molecule has 0 aliphatic carbocycles. The highest BCUT2D eigenvalue weighted by Gasteiger charge is 2.13. The van der Waals surface area contributed by atoms with Gasteiger partial charge in [0.2, 0.25) is 5.95 Å². The van der Waals surface area contributed by atoms with Gasteiger partial charge in [-0.1, -0.05) is 41.9 Å². The van der Waals surface area contributed by atoms with Gasteiger partial charge in [-0.05, 0) is 29.3 Å². The number of anilines is 2. The van der Waals surface area contributed by atoms with Gasteiger partial charge in [-0.3, -0.25) is 0 Å². The first-order valence-corrected chi connectivity index (χ1v) is 7.16. The number of nitrogens with two attached hydrogens (primary N) is 2. The van der Waals surface area contributed by atoms with Crippen molar-refractivity contribution in [1.82, 2.24) is 9.97 Å². The van der Waals surface area contributed by atoms with Crippen LogP contribution in [0, 0.1) is 11.3 Å². The highest BCUT2D eigenvalue weighted by Crippen LogP contribution is 2.30. The smallest absolute Gasteiger partial charge is 0.222 e. The largest absolute Gasteiger partial charge is 0.382 e. The molecule has 0 fully saturated rings. The van der Waals surface area contributed by atoms with Gasteiger partial charge in [-0.25, -0.2) is 4.98 Å². The van der Waals surface area contributed by atoms with Crippen molar-refractivity contribution in [3.63, 3.8) is 0 Å². The molecule has 3 rings (SSSR count). The molecule has 0 unspecified atom stereocenters. The van der Waals surface area contributed by atoms with Crippen LogP contribution in [-0.4, -0.2) is 9.97 Å². The van der Waals surface area contributed by atoms with Crippen molar-refractivity contribution in [3.05, 3.63) is 59.1 Å². The van der Waals surface area contributed by atoms with E-state index < -0.39 is 0 Å². The van der Waals surface area contributed by atoms with Crippen LogP contribution in [0.2, 0.25) is 5.02 Å². The summed E-state index contributed by atoms with van der Waals surface area (Å²) in [6.07, 6.45) is 0. The summed E-state index contributed by atoms with van der Waals surface area (Å²) in [5.74, 6) is 0.104. The van der Waals surface area contributed by atoms with Crippen molar-refractivity contribution in [1.29, 1.82) is 5.26 Å². The second-order valence-corrected chi connectivity index (χ2v) is 5.33. The maximum absolute atomic E-state index is 9.31. The average molecular weight is 322 g/mol. The van der Waals surface area contributed by atoms with Crippen LogP contribution in [0.1, 0.15) is 5.56 Å².